The van der Waals surface area contributed by atoms with Gasteiger partial charge < -0.3 is 15.3 Å². The van der Waals surface area contributed by atoms with E-state index in [9.17, 15) is 27.7 Å². The fourth-order valence-electron chi connectivity index (χ4n) is 9.67. The number of phenolic OH excluding ortho intramolecular Hbond substituents is 1. The summed E-state index contributed by atoms with van der Waals surface area (Å²) in [6.45, 7) is 6.56. The van der Waals surface area contributed by atoms with Gasteiger partial charge in [0.15, 0.2) is 0 Å². The van der Waals surface area contributed by atoms with E-state index in [0.29, 0.717) is 35.0 Å². The molecule has 0 spiro atoms. The number of carbonyl (C=O) groups excluding carboxylic acids is 2. The van der Waals surface area contributed by atoms with E-state index in [2.05, 4.69) is 48.4 Å². The number of unbranched alkanes of at least 4 members (excludes halogenated alkanes) is 1. The number of halogens is 3. The second kappa shape index (κ2) is 15.9. The summed E-state index contributed by atoms with van der Waals surface area (Å²) >= 11 is 1.11. The number of fused-ring (bicyclic) bond motifs is 2. The highest BCUT2D eigenvalue weighted by molar-refractivity contribution is 14.1. The maximum atomic E-state index is 14.2. The molecule has 1 amide bonds. The van der Waals surface area contributed by atoms with Crippen molar-refractivity contribution in [2.24, 2.45) is 34.5 Å². The number of amides is 1. The van der Waals surface area contributed by atoms with Crippen molar-refractivity contribution < 1.29 is 27.7 Å². The van der Waals surface area contributed by atoms with Crippen molar-refractivity contribution in [2.45, 2.75) is 86.9 Å². The summed E-state index contributed by atoms with van der Waals surface area (Å²) in [6.07, 6.45) is 22.4. The molecule has 1 heterocycles. The number of likely N-dealkylation sites (tertiary alicyclic amines) is 1. The van der Waals surface area contributed by atoms with Gasteiger partial charge in [-0.2, -0.15) is 8.78 Å². The van der Waals surface area contributed by atoms with Crippen LogP contribution in [0.15, 0.2) is 87.7 Å². The molecule has 51 heavy (non-hydrogen) atoms. The van der Waals surface area contributed by atoms with Gasteiger partial charge in [0.1, 0.15) is 11.5 Å². The lowest BCUT2D eigenvalue weighted by Crippen LogP contribution is -2.49. The van der Waals surface area contributed by atoms with Crippen LogP contribution in [0.5, 0.6) is 5.75 Å². The van der Waals surface area contributed by atoms with E-state index in [0.717, 1.165) is 92.7 Å². The molecule has 1 aliphatic heterocycles. The summed E-state index contributed by atoms with van der Waals surface area (Å²) in [4.78, 5) is 31.5. The Bertz CT molecular complexity index is 1660. The highest BCUT2D eigenvalue weighted by Gasteiger charge is 2.62. The van der Waals surface area contributed by atoms with Crippen molar-refractivity contribution in [1.29, 1.82) is 0 Å². The zero-order valence-corrected chi connectivity index (χ0v) is 32.7. The lowest BCUT2D eigenvalue weighted by atomic mass is 9.59. The van der Waals surface area contributed by atoms with E-state index >= 15 is 0 Å². The summed E-state index contributed by atoms with van der Waals surface area (Å²) in [6, 6.07) is 6.32. The van der Waals surface area contributed by atoms with Crippen molar-refractivity contribution in [3.63, 3.8) is 0 Å². The predicted octanol–water partition coefficient (Wildman–Crippen LogP) is 8.81. The summed E-state index contributed by atoms with van der Waals surface area (Å²) in [7, 11) is -1.47. The molecule has 0 radical (unpaired) electrons. The van der Waals surface area contributed by atoms with Crippen LogP contribution in [0.4, 0.5) is 8.78 Å². The van der Waals surface area contributed by atoms with Crippen LogP contribution in [0.3, 0.4) is 0 Å². The molecule has 6 atom stereocenters. The van der Waals surface area contributed by atoms with E-state index in [1.165, 1.54) is 17.7 Å². The Morgan fingerprint density at radius 1 is 1.10 bits per heavy atom. The number of alkyl halides is 3. The van der Waals surface area contributed by atoms with Gasteiger partial charge in [0.2, 0.25) is 5.91 Å². The molecule has 276 valence electrons. The molecule has 1 saturated heterocycles. The number of nitrogens with one attached hydrogen (secondary N) is 1. The fraction of sp³-hybridized carbons (Fsp3) is 0.561. The summed E-state index contributed by atoms with van der Waals surface area (Å²) in [5.41, 5.74) is 1.39. The first-order chi connectivity index (χ1) is 24.3. The van der Waals surface area contributed by atoms with Crippen LogP contribution in [0.1, 0.15) is 78.1 Å². The number of ketones is 1. The number of rotatable bonds is 13. The molecule has 0 aromatic heterocycles. The lowest BCUT2D eigenvalue weighted by Gasteiger charge is -2.44. The maximum Gasteiger partial charge on any atom is 0.313 e. The van der Waals surface area contributed by atoms with Gasteiger partial charge in [0.25, 0.3) is 0 Å². The molecule has 1 aromatic rings. The minimum absolute atomic E-state index is 0.0569. The fourth-order valence-corrected chi connectivity index (χ4v) is 11.2. The average molecular weight is 833 g/mol. The third kappa shape index (κ3) is 8.08. The number of piperidine rings is 1. The Morgan fingerprint density at radius 2 is 1.84 bits per heavy atom. The molecule has 10 heteroatoms. The van der Waals surface area contributed by atoms with Crippen LogP contribution in [0.25, 0.3) is 0 Å². The second-order valence-electron chi connectivity index (χ2n) is 15.5. The lowest BCUT2D eigenvalue weighted by molar-refractivity contribution is -0.133. The Balaban J connectivity index is 1.05. The van der Waals surface area contributed by atoms with Crippen molar-refractivity contribution in [3.8, 4) is 5.75 Å². The normalized spacial score (nSPS) is 30.1. The van der Waals surface area contributed by atoms with Gasteiger partial charge in [-0.15, -0.1) is 0 Å². The zero-order chi connectivity index (χ0) is 36.4. The van der Waals surface area contributed by atoms with Gasteiger partial charge >= 0.3 is 3.93 Å². The molecule has 1 fully saturated rings. The van der Waals surface area contributed by atoms with Gasteiger partial charge in [-0.05, 0) is 124 Å². The number of hydrogen-bond acceptors (Lipinski definition) is 5. The van der Waals surface area contributed by atoms with Crippen molar-refractivity contribution in [3.05, 3.63) is 82.8 Å². The van der Waals surface area contributed by atoms with E-state index in [1.54, 1.807) is 12.1 Å². The molecular weight excluding hydrogens is 781 g/mol. The molecule has 6 unspecified atom stereocenters. The first-order valence-corrected chi connectivity index (χ1v) is 20.8. The van der Waals surface area contributed by atoms with Crippen LogP contribution in [0.2, 0.25) is 0 Å². The predicted molar refractivity (Wildman–Crippen MR) is 207 cm³/mol. The largest absolute Gasteiger partial charge is 0.508 e. The summed E-state index contributed by atoms with van der Waals surface area (Å²) < 4.78 is 38.4. The Hall–Kier alpha value is -2.44. The number of Topliss-reactive ketones (excluding diaryl/α,β-unsaturated/α-hetero) is 1. The van der Waals surface area contributed by atoms with Gasteiger partial charge in [-0.25, -0.2) is 4.21 Å². The number of carbonyl (C=O) groups is 2. The molecule has 4 aliphatic carbocycles. The highest BCUT2D eigenvalue weighted by Crippen LogP contribution is 2.66. The van der Waals surface area contributed by atoms with E-state index in [-0.39, 0.29) is 34.7 Å². The summed E-state index contributed by atoms with van der Waals surface area (Å²) in [5.74, 6) is 0.126. The van der Waals surface area contributed by atoms with Crippen LogP contribution >= 0.6 is 22.6 Å². The van der Waals surface area contributed by atoms with Gasteiger partial charge in [-0.3, -0.25) is 9.59 Å². The average Bonchev–Trinajstić information content (AvgIpc) is 3.35. The second-order valence-corrected chi connectivity index (χ2v) is 18.5. The molecule has 0 bridgehead atoms. The molecule has 6 nitrogen and oxygen atoms in total. The van der Waals surface area contributed by atoms with E-state index in [4.69, 9.17) is 0 Å². The number of aromatic hydroxyl groups is 1. The minimum Gasteiger partial charge on any atom is -0.508 e. The maximum absolute atomic E-state index is 14.2. The first-order valence-electron chi connectivity index (χ1n) is 18.6. The zero-order valence-electron chi connectivity index (χ0n) is 29.7. The standard InChI is InChI=1S/C41H51F2IN2O4S/c1-28-10-9-12-33-37(28)39(2)21-6-5-14-36(39)40(33,38(49)45-27-41(42,43)44)22-7-8-23-46-24-19-29(20-25-46)26-34(48)32-11-3-4-13-35(32)51(50)31-17-15-30(47)16-18-31/h3-5,9,12-18,28-29,32,36,47H,6-8,10-11,19-27H2,1-2H3,(H,45,49). The Morgan fingerprint density at radius 3 is 2.57 bits per heavy atom. The number of benzene rings is 1. The van der Waals surface area contributed by atoms with Crippen LogP contribution in [-0.2, 0) is 20.4 Å². The van der Waals surface area contributed by atoms with E-state index in [1.807, 2.05) is 18.2 Å². The quantitative estimate of drug-likeness (QED) is 0.0899. The molecule has 2 N–H and O–H groups in total. The third-order valence-electron chi connectivity index (χ3n) is 12.1. The molecule has 5 aliphatic rings. The Labute approximate surface area is 317 Å². The smallest absolute Gasteiger partial charge is 0.313 e. The number of nitrogens with zero attached hydrogens (tertiary/aromatic N) is 1. The molecular formula is C41H51F2IN2O4S. The summed E-state index contributed by atoms with van der Waals surface area (Å²) in [5, 5.41) is 12.3. The highest BCUT2D eigenvalue weighted by atomic mass is 127. The topological polar surface area (TPSA) is 86.7 Å². The van der Waals surface area contributed by atoms with Crippen molar-refractivity contribution in [2.75, 3.05) is 26.2 Å². The van der Waals surface area contributed by atoms with Crippen LogP contribution < -0.4 is 5.32 Å². The van der Waals surface area contributed by atoms with Gasteiger partial charge in [-0.1, -0.05) is 62.3 Å². The van der Waals surface area contributed by atoms with Crippen LogP contribution in [0, 0.1) is 34.5 Å². The molecule has 0 saturated carbocycles. The number of phenols is 1. The molecule has 6 rings (SSSR count). The third-order valence-corrected chi connectivity index (χ3v) is 14.1. The molecule has 1 aromatic carbocycles. The van der Waals surface area contributed by atoms with Crippen LogP contribution in [-0.4, -0.2) is 56.0 Å². The van der Waals surface area contributed by atoms with Crippen molar-refractivity contribution >= 4 is 45.1 Å². The monoisotopic (exact) mass is 832 g/mol. The van der Waals surface area contributed by atoms with Gasteiger partial charge in [0.05, 0.1) is 28.7 Å². The minimum atomic E-state index is -3.01. The first kappa shape index (κ1) is 38.3. The Kier molecular flexibility index (Phi) is 11.9. The van der Waals surface area contributed by atoms with Crippen molar-refractivity contribution in [1.82, 2.24) is 10.2 Å². The van der Waals surface area contributed by atoms with E-state index < -0.39 is 32.6 Å². The SMILES string of the molecule is CC1CC=CC2=C1C1(C)CCC=CC1C2(CCCCN1CCC(CC(=O)C2CC=CC=C2S(=O)c2ccc(O)cc2)CC1)C(=O)NCC(F)(F)I. The van der Waals surface area contributed by atoms with Gasteiger partial charge in [0, 0.05) is 44.7 Å². The number of allylic oxidation sites excluding steroid dienone is 9. The number of hydrogen-bond donors (Lipinski definition) is 2.